The molecule has 1 aromatic carbocycles. The van der Waals surface area contributed by atoms with Crippen molar-refractivity contribution in [2.45, 2.75) is 13.8 Å². The van der Waals surface area contributed by atoms with Gasteiger partial charge in [-0.15, -0.1) is 11.6 Å². The molecule has 0 aliphatic rings. The lowest BCUT2D eigenvalue weighted by Gasteiger charge is -2.13. The third kappa shape index (κ3) is 3.73. The van der Waals surface area contributed by atoms with E-state index < -0.39 is 0 Å². The van der Waals surface area contributed by atoms with Crippen LogP contribution in [0.15, 0.2) is 18.2 Å². The highest BCUT2D eigenvalue weighted by molar-refractivity contribution is 6.18. The van der Waals surface area contributed by atoms with Crippen LogP contribution < -0.4 is 4.74 Å². The maximum Gasteiger partial charge on any atom is 0.119 e. The first kappa shape index (κ1) is 12.3. The van der Waals surface area contributed by atoms with Gasteiger partial charge in [-0.05, 0) is 37.1 Å². The van der Waals surface area contributed by atoms with Gasteiger partial charge in [0.15, 0.2) is 0 Å². The number of aliphatic hydroxyl groups is 1. The van der Waals surface area contributed by atoms with Gasteiger partial charge in [0.1, 0.15) is 5.75 Å². The summed E-state index contributed by atoms with van der Waals surface area (Å²) in [5.41, 5.74) is 2.46. The summed E-state index contributed by atoms with van der Waals surface area (Å²) in [4.78, 5) is 0. The van der Waals surface area contributed by atoms with E-state index in [1.54, 1.807) is 0 Å². The van der Waals surface area contributed by atoms with Gasteiger partial charge in [-0.3, -0.25) is 0 Å². The van der Waals surface area contributed by atoms with Gasteiger partial charge < -0.3 is 9.84 Å². The standard InChI is InChI=1S/C12H17ClO2/c1-9-3-4-12(5-10(9)2)15-8-11(6-13)7-14/h3-5,11,14H,6-8H2,1-2H3. The van der Waals surface area contributed by atoms with E-state index in [4.69, 9.17) is 21.4 Å². The first-order valence-electron chi connectivity index (χ1n) is 5.04. The quantitative estimate of drug-likeness (QED) is 0.785. The van der Waals surface area contributed by atoms with E-state index in [0.29, 0.717) is 12.5 Å². The van der Waals surface area contributed by atoms with E-state index in [9.17, 15) is 0 Å². The van der Waals surface area contributed by atoms with E-state index in [-0.39, 0.29) is 12.5 Å². The highest BCUT2D eigenvalue weighted by atomic mass is 35.5. The lowest BCUT2D eigenvalue weighted by molar-refractivity contribution is 0.176. The second-order valence-electron chi connectivity index (χ2n) is 3.76. The lowest BCUT2D eigenvalue weighted by atomic mass is 10.1. The van der Waals surface area contributed by atoms with E-state index in [1.165, 1.54) is 11.1 Å². The minimum atomic E-state index is 0.00766. The second kappa shape index (κ2) is 5.99. The predicted octanol–water partition coefficient (Wildman–Crippen LogP) is 2.53. The van der Waals surface area contributed by atoms with Crippen LogP contribution in [0.4, 0.5) is 0 Å². The zero-order valence-corrected chi connectivity index (χ0v) is 9.92. The number of aryl methyl sites for hydroxylation is 2. The molecule has 3 heteroatoms. The molecule has 0 fully saturated rings. The average Bonchev–Trinajstić information content (AvgIpc) is 2.24. The van der Waals surface area contributed by atoms with Crippen molar-refractivity contribution in [1.82, 2.24) is 0 Å². The molecule has 1 N–H and O–H groups in total. The minimum absolute atomic E-state index is 0.00766. The zero-order valence-electron chi connectivity index (χ0n) is 9.16. The van der Waals surface area contributed by atoms with Crippen LogP contribution in [0, 0.1) is 19.8 Å². The topological polar surface area (TPSA) is 29.5 Å². The number of aliphatic hydroxyl groups excluding tert-OH is 1. The van der Waals surface area contributed by atoms with Crippen molar-refractivity contribution >= 4 is 11.6 Å². The highest BCUT2D eigenvalue weighted by Gasteiger charge is 2.06. The number of benzene rings is 1. The third-order valence-electron chi connectivity index (χ3n) is 2.44. The summed E-state index contributed by atoms with van der Waals surface area (Å²) < 4.78 is 5.54. The van der Waals surface area contributed by atoms with Crippen LogP contribution in [0.5, 0.6) is 5.75 Å². The molecule has 0 saturated heterocycles. The van der Waals surface area contributed by atoms with Crippen molar-refractivity contribution < 1.29 is 9.84 Å². The van der Waals surface area contributed by atoms with Crippen LogP contribution in [0.3, 0.4) is 0 Å². The molecule has 1 rings (SSSR count). The summed E-state index contributed by atoms with van der Waals surface area (Å²) in [7, 11) is 0. The Kier molecular flexibility index (Phi) is 4.92. The van der Waals surface area contributed by atoms with Gasteiger partial charge in [0.2, 0.25) is 0 Å². The van der Waals surface area contributed by atoms with Gasteiger partial charge in [0.05, 0.1) is 13.2 Å². The van der Waals surface area contributed by atoms with Crippen molar-refractivity contribution in [2.75, 3.05) is 19.1 Å². The molecule has 1 aromatic rings. The molecule has 15 heavy (non-hydrogen) atoms. The smallest absolute Gasteiger partial charge is 0.119 e. The van der Waals surface area contributed by atoms with Gasteiger partial charge in [0, 0.05) is 11.8 Å². The van der Waals surface area contributed by atoms with Crippen molar-refractivity contribution in [1.29, 1.82) is 0 Å². The number of ether oxygens (including phenoxy) is 1. The third-order valence-corrected chi connectivity index (χ3v) is 2.88. The van der Waals surface area contributed by atoms with Gasteiger partial charge >= 0.3 is 0 Å². The normalized spacial score (nSPS) is 12.5. The molecule has 0 amide bonds. The number of hydrogen-bond acceptors (Lipinski definition) is 2. The summed E-state index contributed by atoms with van der Waals surface area (Å²) in [5, 5.41) is 8.94. The molecular weight excluding hydrogens is 212 g/mol. The van der Waals surface area contributed by atoms with E-state index >= 15 is 0 Å². The summed E-state index contributed by atoms with van der Waals surface area (Å²) in [6, 6.07) is 5.96. The molecule has 1 atom stereocenters. The zero-order chi connectivity index (χ0) is 11.3. The average molecular weight is 229 g/mol. The highest BCUT2D eigenvalue weighted by Crippen LogP contribution is 2.17. The molecule has 84 valence electrons. The first-order chi connectivity index (χ1) is 7.17. The molecule has 2 nitrogen and oxygen atoms in total. The largest absolute Gasteiger partial charge is 0.493 e. The Morgan fingerprint density at radius 1 is 1.33 bits per heavy atom. The molecular formula is C12H17ClO2. The van der Waals surface area contributed by atoms with Crippen LogP contribution >= 0.6 is 11.6 Å². The van der Waals surface area contributed by atoms with Crippen LogP contribution in [-0.2, 0) is 0 Å². The van der Waals surface area contributed by atoms with Crippen LogP contribution in [0.1, 0.15) is 11.1 Å². The Hall–Kier alpha value is -0.730. The molecule has 0 bridgehead atoms. The predicted molar refractivity (Wildman–Crippen MR) is 62.7 cm³/mol. The van der Waals surface area contributed by atoms with Gasteiger partial charge in [-0.1, -0.05) is 6.07 Å². The van der Waals surface area contributed by atoms with Crippen molar-refractivity contribution in [2.24, 2.45) is 5.92 Å². The monoisotopic (exact) mass is 228 g/mol. The van der Waals surface area contributed by atoms with Crippen LogP contribution in [0.25, 0.3) is 0 Å². The summed E-state index contributed by atoms with van der Waals surface area (Å²) >= 11 is 5.65. The molecule has 0 spiro atoms. The molecule has 0 aliphatic heterocycles. The van der Waals surface area contributed by atoms with Crippen molar-refractivity contribution in [3.8, 4) is 5.75 Å². The van der Waals surface area contributed by atoms with Crippen LogP contribution in [-0.4, -0.2) is 24.2 Å². The van der Waals surface area contributed by atoms with Gasteiger partial charge in [0.25, 0.3) is 0 Å². The number of rotatable bonds is 5. The minimum Gasteiger partial charge on any atom is -0.493 e. The number of alkyl halides is 1. The van der Waals surface area contributed by atoms with E-state index in [1.807, 2.05) is 25.1 Å². The fourth-order valence-corrected chi connectivity index (χ4v) is 1.35. The Balaban J connectivity index is 2.54. The Bertz CT molecular complexity index is 308. The summed E-state index contributed by atoms with van der Waals surface area (Å²) in [6.45, 7) is 4.64. The fourth-order valence-electron chi connectivity index (χ4n) is 1.16. The second-order valence-corrected chi connectivity index (χ2v) is 4.07. The maximum absolute atomic E-state index is 8.94. The fraction of sp³-hybridized carbons (Fsp3) is 0.500. The van der Waals surface area contributed by atoms with Gasteiger partial charge in [-0.25, -0.2) is 0 Å². The Labute approximate surface area is 95.8 Å². The maximum atomic E-state index is 8.94. The summed E-state index contributed by atoms with van der Waals surface area (Å²) in [6.07, 6.45) is 0. The molecule has 0 heterocycles. The molecule has 0 radical (unpaired) electrons. The summed E-state index contributed by atoms with van der Waals surface area (Å²) in [5.74, 6) is 1.26. The van der Waals surface area contributed by atoms with Gasteiger partial charge in [-0.2, -0.15) is 0 Å². The van der Waals surface area contributed by atoms with Crippen LogP contribution in [0.2, 0.25) is 0 Å². The van der Waals surface area contributed by atoms with E-state index in [0.717, 1.165) is 5.75 Å². The first-order valence-corrected chi connectivity index (χ1v) is 5.57. The molecule has 1 unspecified atom stereocenters. The molecule has 0 saturated carbocycles. The lowest BCUT2D eigenvalue weighted by Crippen LogP contribution is -2.17. The number of halogens is 1. The number of hydrogen-bond donors (Lipinski definition) is 1. The molecule has 0 aromatic heterocycles. The van der Waals surface area contributed by atoms with E-state index in [2.05, 4.69) is 6.92 Å². The Morgan fingerprint density at radius 2 is 2.07 bits per heavy atom. The molecule has 0 aliphatic carbocycles. The SMILES string of the molecule is Cc1ccc(OCC(CO)CCl)cc1C. The van der Waals surface area contributed by atoms with Crippen molar-refractivity contribution in [3.63, 3.8) is 0 Å². The van der Waals surface area contributed by atoms with Crippen molar-refractivity contribution in [3.05, 3.63) is 29.3 Å². The Morgan fingerprint density at radius 3 is 2.60 bits per heavy atom.